The SMILES string of the molecule is c1ccc2c(c1)oc1ccc(-c3cccc4c3sc3cccc(-n5c6ccccc6c6ccccc65)c34)cc12. The summed E-state index contributed by atoms with van der Waals surface area (Å²) in [6.45, 7) is 0. The van der Waals surface area contributed by atoms with Gasteiger partial charge in [-0.2, -0.15) is 0 Å². The van der Waals surface area contributed by atoms with Crippen LogP contribution >= 0.6 is 11.3 Å². The molecule has 0 fully saturated rings. The topological polar surface area (TPSA) is 18.1 Å². The second-order valence-electron chi connectivity index (χ2n) is 10.1. The maximum Gasteiger partial charge on any atom is 0.135 e. The number of furan rings is 1. The summed E-state index contributed by atoms with van der Waals surface area (Å²) in [4.78, 5) is 0. The average Bonchev–Trinajstić information content (AvgIpc) is 3.66. The quantitative estimate of drug-likeness (QED) is 0.224. The molecule has 0 aliphatic rings. The molecule has 3 heterocycles. The maximum absolute atomic E-state index is 6.11. The Balaban J connectivity index is 1.35. The van der Waals surface area contributed by atoms with Crippen molar-refractivity contribution >= 4 is 75.3 Å². The molecule has 6 aromatic carbocycles. The predicted octanol–water partition coefficient (Wildman–Crippen LogP) is 10.7. The molecule has 39 heavy (non-hydrogen) atoms. The van der Waals surface area contributed by atoms with E-state index in [4.69, 9.17) is 4.42 Å². The molecule has 182 valence electrons. The van der Waals surface area contributed by atoms with Gasteiger partial charge >= 0.3 is 0 Å². The van der Waals surface area contributed by atoms with Gasteiger partial charge in [0.25, 0.3) is 0 Å². The first kappa shape index (κ1) is 21.1. The minimum atomic E-state index is 0.928. The summed E-state index contributed by atoms with van der Waals surface area (Å²) in [5.41, 5.74) is 8.03. The Hall–Kier alpha value is -4.86. The Labute approximate surface area is 227 Å². The minimum Gasteiger partial charge on any atom is -0.456 e. The van der Waals surface area contributed by atoms with Crippen LogP contribution in [-0.2, 0) is 0 Å². The van der Waals surface area contributed by atoms with Gasteiger partial charge < -0.3 is 8.98 Å². The lowest BCUT2D eigenvalue weighted by Gasteiger charge is -2.10. The lowest BCUT2D eigenvalue weighted by Crippen LogP contribution is -1.94. The van der Waals surface area contributed by atoms with Gasteiger partial charge in [0.15, 0.2) is 0 Å². The highest BCUT2D eigenvalue weighted by atomic mass is 32.1. The Morgan fingerprint density at radius 3 is 2.00 bits per heavy atom. The summed E-state index contributed by atoms with van der Waals surface area (Å²) in [6.07, 6.45) is 0. The van der Waals surface area contributed by atoms with Crippen molar-refractivity contribution in [1.82, 2.24) is 4.57 Å². The van der Waals surface area contributed by atoms with Gasteiger partial charge in [-0.1, -0.05) is 84.9 Å². The molecule has 3 aromatic heterocycles. The van der Waals surface area contributed by atoms with E-state index >= 15 is 0 Å². The van der Waals surface area contributed by atoms with E-state index < -0.39 is 0 Å². The highest BCUT2D eigenvalue weighted by Crippen LogP contribution is 2.44. The van der Waals surface area contributed by atoms with E-state index in [0.717, 1.165) is 21.9 Å². The molecule has 2 nitrogen and oxygen atoms in total. The summed E-state index contributed by atoms with van der Waals surface area (Å²) in [7, 11) is 0. The zero-order valence-corrected chi connectivity index (χ0v) is 21.7. The molecule has 9 rings (SSSR count). The molecule has 3 heteroatoms. The number of hydrogen-bond donors (Lipinski definition) is 0. The molecule has 9 aromatic rings. The van der Waals surface area contributed by atoms with Gasteiger partial charge in [-0.3, -0.25) is 0 Å². The first-order valence-corrected chi connectivity index (χ1v) is 14.0. The number of para-hydroxylation sites is 3. The summed E-state index contributed by atoms with van der Waals surface area (Å²) < 4.78 is 11.2. The van der Waals surface area contributed by atoms with Gasteiger partial charge in [-0.15, -0.1) is 11.3 Å². The molecule has 0 unspecified atom stereocenters. The van der Waals surface area contributed by atoms with Crippen molar-refractivity contribution in [2.75, 3.05) is 0 Å². The second kappa shape index (κ2) is 7.83. The van der Waals surface area contributed by atoms with Crippen molar-refractivity contribution in [3.05, 3.63) is 127 Å². The van der Waals surface area contributed by atoms with Crippen molar-refractivity contribution < 1.29 is 4.42 Å². The fourth-order valence-electron chi connectivity index (χ4n) is 6.32. The van der Waals surface area contributed by atoms with Gasteiger partial charge in [0, 0.05) is 41.7 Å². The molecule has 0 aliphatic heterocycles. The van der Waals surface area contributed by atoms with Gasteiger partial charge in [0.05, 0.1) is 16.7 Å². The Morgan fingerprint density at radius 2 is 1.18 bits per heavy atom. The number of benzene rings is 6. The molecular weight excluding hydrogens is 494 g/mol. The predicted molar refractivity (Wildman–Crippen MR) is 166 cm³/mol. The van der Waals surface area contributed by atoms with Crippen molar-refractivity contribution in [2.45, 2.75) is 0 Å². The van der Waals surface area contributed by atoms with Gasteiger partial charge in [-0.25, -0.2) is 0 Å². The van der Waals surface area contributed by atoms with Crippen LogP contribution in [0, 0.1) is 0 Å². The minimum absolute atomic E-state index is 0.928. The fraction of sp³-hybridized carbons (Fsp3) is 0. The van der Waals surface area contributed by atoms with Crippen LogP contribution in [-0.4, -0.2) is 4.57 Å². The van der Waals surface area contributed by atoms with Crippen LogP contribution in [0.5, 0.6) is 0 Å². The van der Waals surface area contributed by atoms with Crippen molar-refractivity contribution in [3.63, 3.8) is 0 Å². The number of fused-ring (bicyclic) bond motifs is 9. The molecule has 0 amide bonds. The van der Waals surface area contributed by atoms with Crippen LogP contribution < -0.4 is 0 Å². The highest BCUT2D eigenvalue weighted by Gasteiger charge is 2.18. The van der Waals surface area contributed by atoms with Crippen LogP contribution in [0.15, 0.2) is 132 Å². The Bertz CT molecular complexity index is 2350. The van der Waals surface area contributed by atoms with Crippen LogP contribution in [0.1, 0.15) is 0 Å². The summed E-state index contributed by atoms with van der Waals surface area (Å²) in [5, 5.41) is 7.48. The van der Waals surface area contributed by atoms with E-state index in [0.29, 0.717) is 0 Å². The maximum atomic E-state index is 6.11. The Kier molecular flexibility index (Phi) is 4.24. The largest absolute Gasteiger partial charge is 0.456 e. The van der Waals surface area contributed by atoms with E-state index in [1.165, 1.54) is 58.8 Å². The molecule has 0 bridgehead atoms. The lowest BCUT2D eigenvalue weighted by molar-refractivity contribution is 0.669. The molecule has 0 radical (unpaired) electrons. The number of aromatic nitrogens is 1. The summed E-state index contributed by atoms with van der Waals surface area (Å²) >= 11 is 1.88. The van der Waals surface area contributed by atoms with Gasteiger partial charge in [-0.05, 0) is 53.6 Å². The fourth-order valence-corrected chi connectivity index (χ4v) is 7.58. The third-order valence-electron chi connectivity index (χ3n) is 8.01. The number of nitrogens with zero attached hydrogens (tertiary/aromatic N) is 1. The van der Waals surface area contributed by atoms with E-state index in [1.54, 1.807) is 0 Å². The van der Waals surface area contributed by atoms with Crippen molar-refractivity contribution in [1.29, 1.82) is 0 Å². The second-order valence-corrected chi connectivity index (χ2v) is 11.2. The zero-order valence-electron chi connectivity index (χ0n) is 20.9. The molecule has 0 N–H and O–H groups in total. The van der Waals surface area contributed by atoms with Crippen molar-refractivity contribution in [3.8, 4) is 16.8 Å². The lowest BCUT2D eigenvalue weighted by atomic mass is 10.00. The number of thiophene rings is 1. The number of hydrogen-bond acceptors (Lipinski definition) is 2. The van der Waals surface area contributed by atoms with Gasteiger partial charge in [0.2, 0.25) is 0 Å². The van der Waals surface area contributed by atoms with Crippen LogP contribution in [0.25, 0.3) is 80.7 Å². The third-order valence-corrected chi connectivity index (χ3v) is 9.21. The third kappa shape index (κ3) is 2.91. The number of rotatable bonds is 2. The summed E-state index contributed by atoms with van der Waals surface area (Å²) in [5.74, 6) is 0. The smallest absolute Gasteiger partial charge is 0.135 e. The first-order chi connectivity index (χ1) is 19.3. The van der Waals surface area contributed by atoms with Crippen LogP contribution in [0.2, 0.25) is 0 Å². The zero-order chi connectivity index (χ0) is 25.5. The van der Waals surface area contributed by atoms with E-state index in [-0.39, 0.29) is 0 Å². The highest BCUT2D eigenvalue weighted by molar-refractivity contribution is 7.26. The normalized spacial score (nSPS) is 12.1. The van der Waals surface area contributed by atoms with Gasteiger partial charge in [0.1, 0.15) is 11.2 Å². The van der Waals surface area contributed by atoms with E-state index in [1.807, 2.05) is 23.5 Å². The molecule has 0 aliphatic carbocycles. The average molecular weight is 516 g/mol. The summed E-state index contributed by atoms with van der Waals surface area (Å²) in [6, 6.07) is 45.8. The molecule has 0 saturated carbocycles. The molecule has 0 spiro atoms. The standard InChI is InChI=1S/C36H21NOS/c1-4-14-29-24(9-1)25-10-2-5-15-30(25)37(29)31-16-8-18-34-35(31)27-13-7-12-23(36(27)39-34)22-19-20-33-28(21-22)26-11-3-6-17-32(26)38-33/h1-21H. The van der Waals surface area contributed by atoms with Crippen LogP contribution in [0.3, 0.4) is 0 Å². The molecular formula is C36H21NOS. The molecule has 0 atom stereocenters. The first-order valence-electron chi connectivity index (χ1n) is 13.2. The monoisotopic (exact) mass is 515 g/mol. The van der Waals surface area contributed by atoms with E-state index in [2.05, 4.69) is 120 Å². The van der Waals surface area contributed by atoms with E-state index in [9.17, 15) is 0 Å². The Morgan fingerprint density at radius 1 is 0.513 bits per heavy atom. The molecule has 0 saturated heterocycles. The van der Waals surface area contributed by atoms with Crippen LogP contribution in [0.4, 0.5) is 0 Å². The van der Waals surface area contributed by atoms with Crippen molar-refractivity contribution in [2.24, 2.45) is 0 Å².